The molecule has 1 aliphatic rings. The highest BCUT2D eigenvalue weighted by molar-refractivity contribution is 7.17. The first-order valence-corrected chi connectivity index (χ1v) is 7.97. The predicted octanol–water partition coefficient (Wildman–Crippen LogP) is 3.32. The van der Waals surface area contributed by atoms with Crippen LogP contribution in [-0.2, 0) is 17.6 Å². The van der Waals surface area contributed by atoms with Crippen molar-refractivity contribution in [2.45, 2.75) is 18.4 Å². The molecule has 1 aliphatic carbocycles. The predicted molar refractivity (Wildman–Crippen MR) is 85.3 cm³/mol. The number of hydrogen-bond donors (Lipinski definition) is 1. The minimum Gasteiger partial charge on any atom is -0.376 e. The van der Waals surface area contributed by atoms with E-state index in [2.05, 4.69) is 17.4 Å². The lowest BCUT2D eigenvalue weighted by Crippen LogP contribution is -2.45. The molecule has 5 heteroatoms. The van der Waals surface area contributed by atoms with Crippen LogP contribution in [0.1, 0.15) is 20.8 Å². The van der Waals surface area contributed by atoms with E-state index in [4.69, 9.17) is 16.3 Å². The third-order valence-corrected chi connectivity index (χ3v) is 5.17. The number of benzene rings is 1. The van der Waals surface area contributed by atoms with Gasteiger partial charge in [-0.25, -0.2) is 0 Å². The number of thiophene rings is 1. The Morgan fingerprint density at radius 2 is 1.95 bits per heavy atom. The summed E-state index contributed by atoms with van der Waals surface area (Å²) in [6, 6.07) is 11.8. The van der Waals surface area contributed by atoms with Crippen molar-refractivity contribution in [3.8, 4) is 0 Å². The van der Waals surface area contributed by atoms with Gasteiger partial charge < -0.3 is 10.1 Å². The second-order valence-electron chi connectivity index (χ2n) is 5.30. The summed E-state index contributed by atoms with van der Waals surface area (Å²) in [7, 11) is 1.71. The Kier molecular flexibility index (Phi) is 4.02. The lowest BCUT2D eigenvalue weighted by atomic mass is 10.00. The second kappa shape index (κ2) is 5.79. The van der Waals surface area contributed by atoms with Gasteiger partial charge in [-0.1, -0.05) is 35.9 Å². The van der Waals surface area contributed by atoms with Gasteiger partial charge in [-0.05, 0) is 23.3 Å². The molecule has 1 amide bonds. The van der Waals surface area contributed by atoms with Crippen LogP contribution in [-0.4, -0.2) is 25.2 Å². The van der Waals surface area contributed by atoms with E-state index in [1.807, 2.05) is 12.1 Å². The summed E-state index contributed by atoms with van der Waals surface area (Å²) < 4.78 is 6.36. The molecule has 1 heterocycles. The van der Waals surface area contributed by atoms with Crippen LogP contribution in [0.25, 0.3) is 0 Å². The van der Waals surface area contributed by atoms with Crippen molar-refractivity contribution in [1.82, 2.24) is 5.32 Å². The highest BCUT2D eigenvalue weighted by Crippen LogP contribution is 2.32. The van der Waals surface area contributed by atoms with Crippen molar-refractivity contribution in [2.75, 3.05) is 13.7 Å². The molecule has 0 radical (unpaired) electrons. The number of fused-ring (bicyclic) bond motifs is 1. The van der Waals surface area contributed by atoms with E-state index >= 15 is 0 Å². The van der Waals surface area contributed by atoms with Crippen LogP contribution < -0.4 is 5.32 Å². The molecule has 0 spiro atoms. The molecule has 1 aromatic carbocycles. The summed E-state index contributed by atoms with van der Waals surface area (Å²) in [5.41, 5.74) is 2.25. The number of carbonyl (C=O) groups excluding carboxylic acids is 1. The Morgan fingerprint density at radius 1 is 1.29 bits per heavy atom. The molecule has 110 valence electrons. The third kappa shape index (κ3) is 2.98. The van der Waals surface area contributed by atoms with E-state index < -0.39 is 0 Å². The number of hydrogen-bond acceptors (Lipinski definition) is 3. The molecule has 3 rings (SSSR count). The minimum absolute atomic E-state index is 0.0979. The van der Waals surface area contributed by atoms with Gasteiger partial charge in [0.05, 0.1) is 14.8 Å². The molecule has 0 aliphatic heterocycles. The van der Waals surface area contributed by atoms with E-state index in [1.54, 1.807) is 19.2 Å². The fourth-order valence-corrected chi connectivity index (χ4v) is 3.72. The zero-order valence-corrected chi connectivity index (χ0v) is 13.3. The van der Waals surface area contributed by atoms with Crippen LogP contribution in [0.5, 0.6) is 0 Å². The van der Waals surface area contributed by atoms with Crippen molar-refractivity contribution >= 4 is 28.8 Å². The van der Waals surface area contributed by atoms with Crippen molar-refractivity contribution < 1.29 is 9.53 Å². The summed E-state index contributed by atoms with van der Waals surface area (Å²) in [5, 5.41) is 2.97. The van der Waals surface area contributed by atoms with Gasteiger partial charge in [0, 0.05) is 26.5 Å². The van der Waals surface area contributed by atoms with Crippen LogP contribution in [0.3, 0.4) is 0 Å². The molecular weight excluding hydrogens is 306 g/mol. The maximum Gasteiger partial charge on any atom is 0.261 e. The quantitative estimate of drug-likeness (QED) is 0.938. The number of rotatable bonds is 4. The number of carbonyl (C=O) groups is 1. The standard InChI is InChI=1S/C16H16ClNO2S/c1-20-16(8-11-4-2-3-5-12(11)9-16)10-18-15(19)13-6-7-14(17)21-13/h2-7H,8-10H2,1H3,(H,18,19). The molecule has 0 fully saturated rings. The molecular formula is C16H16ClNO2S. The van der Waals surface area contributed by atoms with Gasteiger partial charge in [-0.3, -0.25) is 4.79 Å². The Labute approximate surface area is 132 Å². The molecule has 1 aromatic heterocycles. The summed E-state index contributed by atoms with van der Waals surface area (Å²) in [6.45, 7) is 0.493. The maximum absolute atomic E-state index is 12.1. The van der Waals surface area contributed by atoms with E-state index in [9.17, 15) is 4.79 Å². The lowest BCUT2D eigenvalue weighted by molar-refractivity contribution is 0.000210. The highest BCUT2D eigenvalue weighted by Gasteiger charge is 2.37. The van der Waals surface area contributed by atoms with E-state index in [-0.39, 0.29) is 11.5 Å². The number of amides is 1. The summed E-state index contributed by atoms with van der Waals surface area (Å²) in [6.07, 6.45) is 1.65. The van der Waals surface area contributed by atoms with E-state index in [0.717, 1.165) is 12.8 Å². The van der Waals surface area contributed by atoms with Crippen LogP contribution in [0.4, 0.5) is 0 Å². The number of ether oxygens (including phenoxy) is 1. The third-order valence-electron chi connectivity index (χ3n) is 3.94. The minimum atomic E-state index is -0.347. The topological polar surface area (TPSA) is 38.3 Å². The first-order valence-electron chi connectivity index (χ1n) is 6.77. The number of halogens is 1. The normalized spacial score (nSPS) is 15.7. The zero-order valence-electron chi connectivity index (χ0n) is 11.7. The van der Waals surface area contributed by atoms with Gasteiger partial charge in [0.15, 0.2) is 0 Å². The summed E-state index contributed by atoms with van der Waals surface area (Å²) in [4.78, 5) is 12.8. The smallest absolute Gasteiger partial charge is 0.261 e. The fourth-order valence-electron chi connectivity index (χ4n) is 2.77. The maximum atomic E-state index is 12.1. The first kappa shape index (κ1) is 14.6. The van der Waals surface area contributed by atoms with Crippen LogP contribution >= 0.6 is 22.9 Å². The van der Waals surface area contributed by atoms with Crippen LogP contribution in [0.15, 0.2) is 36.4 Å². The van der Waals surface area contributed by atoms with Crippen LogP contribution in [0.2, 0.25) is 4.34 Å². The van der Waals surface area contributed by atoms with Crippen molar-refractivity contribution in [1.29, 1.82) is 0 Å². The molecule has 0 saturated heterocycles. The van der Waals surface area contributed by atoms with E-state index in [0.29, 0.717) is 15.8 Å². The fraction of sp³-hybridized carbons (Fsp3) is 0.312. The van der Waals surface area contributed by atoms with Crippen molar-refractivity contribution in [3.63, 3.8) is 0 Å². The Hall–Kier alpha value is -1.36. The zero-order chi connectivity index (χ0) is 14.9. The Balaban J connectivity index is 1.68. The van der Waals surface area contributed by atoms with Crippen molar-refractivity contribution in [2.24, 2.45) is 0 Å². The molecule has 3 nitrogen and oxygen atoms in total. The Bertz CT molecular complexity index is 643. The number of nitrogens with one attached hydrogen (secondary N) is 1. The largest absolute Gasteiger partial charge is 0.376 e. The first-order chi connectivity index (χ1) is 10.1. The monoisotopic (exact) mass is 321 g/mol. The molecule has 0 unspecified atom stereocenters. The molecule has 0 atom stereocenters. The highest BCUT2D eigenvalue weighted by atomic mass is 35.5. The molecule has 0 bridgehead atoms. The molecule has 1 N–H and O–H groups in total. The van der Waals surface area contributed by atoms with Gasteiger partial charge in [-0.15, -0.1) is 11.3 Å². The van der Waals surface area contributed by atoms with Crippen molar-refractivity contribution in [3.05, 3.63) is 56.7 Å². The lowest BCUT2D eigenvalue weighted by Gasteiger charge is -2.27. The average Bonchev–Trinajstić information content (AvgIpc) is 3.08. The SMILES string of the molecule is COC1(CNC(=O)c2ccc(Cl)s2)Cc2ccccc2C1. The van der Waals surface area contributed by atoms with Crippen LogP contribution in [0, 0.1) is 0 Å². The van der Waals surface area contributed by atoms with Gasteiger partial charge in [0.25, 0.3) is 5.91 Å². The summed E-state index contributed by atoms with van der Waals surface area (Å²) >= 11 is 7.15. The number of methoxy groups -OCH3 is 1. The van der Waals surface area contributed by atoms with Gasteiger partial charge >= 0.3 is 0 Å². The summed E-state index contributed by atoms with van der Waals surface area (Å²) in [5.74, 6) is -0.0979. The Morgan fingerprint density at radius 3 is 2.48 bits per heavy atom. The van der Waals surface area contributed by atoms with Gasteiger partial charge in [0.1, 0.15) is 0 Å². The average molecular weight is 322 g/mol. The van der Waals surface area contributed by atoms with Gasteiger partial charge in [0.2, 0.25) is 0 Å². The van der Waals surface area contributed by atoms with E-state index in [1.165, 1.54) is 22.5 Å². The molecule has 21 heavy (non-hydrogen) atoms. The molecule has 2 aromatic rings. The molecule has 0 saturated carbocycles. The van der Waals surface area contributed by atoms with Gasteiger partial charge in [-0.2, -0.15) is 0 Å². The second-order valence-corrected chi connectivity index (χ2v) is 7.01.